The zero-order valence-corrected chi connectivity index (χ0v) is 22.4. The molecule has 0 radical (unpaired) electrons. The fourth-order valence-electron chi connectivity index (χ4n) is 6.47. The standard InChI is InChI=1S/C30H33FN6O2/c1-30(2)38-25-18(12-10-16-9-11-17-14-20(31)27(32)36-21(17)13-16)15-23(26(25)39-30)37-22-8-6-5-7-19(22)24(28(33)34-3)29(37)35-4/h5-9,11,13-14,18,23,25-26,33,35H,3,10,12,15H2,1-2,4H3,(H2,32,36)/t18-,23+,25+,26-/m0/s1. The molecule has 1 saturated heterocycles. The van der Waals surface area contributed by atoms with Crippen molar-refractivity contribution in [2.24, 2.45) is 10.9 Å². The summed E-state index contributed by atoms with van der Waals surface area (Å²) in [6, 6.07) is 15.4. The third kappa shape index (κ3) is 4.26. The fraction of sp³-hybridized carbons (Fsp3) is 0.367. The molecule has 0 bridgehead atoms. The van der Waals surface area contributed by atoms with Gasteiger partial charge in [0, 0.05) is 17.8 Å². The SMILES string of the molecule is C=NC(=N)c1c(NC)n([C@@H]2C[C@H](CCc3ccc4cc(F)c(N)nc4c3)[C@H]3OC(C)(C)O[C@H]32)c2ccccc12. The summed E-state index contributed by atoms with van der Waals surface area (Å²) < 4.78 is 29.1. The monoisotopic (exact) mass is 528 g/mol. The minimum atomic E-state index is -0.693. The van der Waals surface area contributed by atoms with Crippen LogP contribution in [0.3, 0.4) is 0 Å². The molecule has 0 spiro atoms. The molecule has 3 heterocycles. The maximum Gasteiger partial charge on any atom is 0.165 e. The quantitative estimate of drug-likeness (QED) is 0.220. The van der Waals surface area contributed by atoms with E-state index in [2.05, 4.69) is 32.6 Å². The van der Waals surface area contributed by atoms with Crippen LogP contribution in [0.15, 0.2) is 53.5 Å². The van der Waals surface area contributed by atoms with Gasteiger partial charge in [0.25, 0.3) is 0 Å². The topological polar surface area (TPSA) is 111 Å². The zero-order chi connectivity index (χ0) is 27.5. The second-order valence-electron chi connectivity index (χ2n) is 10.9. The molecule has 8 nitrogen and oxygen atoms in total. The van der Waals surface area contributed by atoms with E-state index in [-0.39, 0.29) is 35.8 Å². The molecule has 4 aromatic rings. The number of hydrogen-bond acceptors (Lipinski definition) is 6. The first kappa shape index (κ1) is 25.5. The summed E-state index contributed by atoms with van der Waals surface area (Å²) in [5.41, 5.74) is 9.28. The van der Waals surface area contributed by atoms with Crippen molar-refractivity contribution in [3.8, 4) is 0 Å². The lowest BCUT2D eigenvalue weighted by atomic mass is 9.95. The van der Waals surface area contributed by atoms with Crippen molar-refractivity contribution in [2.75, 3.05) is 18.1 Å². The first-order valence-electron chi connectivity index (χ1n) is 13.3. The van der Waals surface area contributed by atoms with Crippen LogP contribution in [-0.4, -0.2) is 47.1 Å². The lowest BCUT2D eigenvalue weighted by Gasteiger charge is -2.26. The molecule has 2 aromatic carbocycles. The lowest BCUT2D eigenvalue weighted by molar-refractivity contribution is -0.160. The van der Waals surface area contributed by atoms with Crippen LogP contribution in [0.2, 0.25) is 0 Å². The highest BCUT2D eigenvalue weighted by atomic mass is 19.1. The molecule has 39 heavy (non-hydrogen) atoms. The Kier molecular flexibility index (Phi) is 6.15. The number of pyridine rings is 1. The van der Waals surface area contributed by atoms with E-state index < -0.39 is 11.6 Å². The van der Waals surface area contributed by atoms with Crippen LogP contribution in [-0.2, 0) is 15.9 Å². The van der Waals surface area contributed by atoms with Crippen LogP contribution in [0.25, 0.3) is 21.8 Å². The van der Waals surface area contributed by atoms with E-state index in [9.17, 15) is 4.39 Å². The van der Waals surface area contributed by atoms with Crippen molar-refractivity contribution in [3.63, 3.8) is 0 Å². The number of para-hydroxylation sites is 1. The lowest BCUT2D eigenvalue weighted by Crippen LogP contribution is -2.28. The minimum absolute atomic E-state index is 0.00142. The molecule has 1 saturated carbocycles. The van der Waals surface area contributed by atoms with E-state index in [0.717, 1.165) is 52.5 Å². The van der Waals surface area contributed by atoms with Crippen molar-refractivity contribution < 1.29 is 13.9 Å². The van der Waals surface area contributed by atoms with Gasteiger partial charge in [-0.3, -0.25) is 5.41 Å². The molecular formula is C30H33FN6O2. The van der Waals surface area contributed by atoms with E-state index in [1.807, 2.05) is 57.3 Å². The fourth-order valence-corrected chi connectivity index (χ4v) is 6.47. The third-order valence-corrected chi connectivity index (χ3v) is 8.09. The van der Waals surface area contributed by atoms with E-state index in [0.29, 0.717) is 5.52 Å². The molecule has 6 rings (SSSR count). The Morgan fingerprint density at radius 2 is 2.00 bits per heavy atom. The molecule has 9 heteroatoms. The molecule has 2 fully saturated rings. The summed E-state index contributed by atoms with van der Waals surface area (Å²) >= 11 is 0. The Morgan fingerprint density at radius 1 is 1.23 bits per heavy atom. The molecule has 0 unspecified atom stereocenters. The molecule has 1 aliphatic carbocycles. The predicted octanol–water partition coefficient (Wildman–Crippen LogP) is 5.69. The van der Waals surface area contributed by atoms with Gasteiger partial charge in [-0.2, -0.15) is 0 Å². The smallest absolute Gasteiger partial charge is 0.165 e. The van der Waals surface area contributed by atoms with Gasteiger partial charge in [-0.05, 0) is 69.5 Å². The number of ether oxygens (including phenoxy) is 2. The number of fused-ring (bicyclic) bond motifs is 3. The van der Waals surface area contributed by atoms with Crippen molar-refractivity contribution in [3.05, 3.63) is 65.5 Å². The summed E-state index contributed by atoms with van der Waals surface area (Å²) in [6.45, 7) is 7.54. The maximum absolute atomic E-state index is 13.8. The van der Waals surface area contributed by atoms with E-state index in [1.165, 1.54) is 6.07 Å². The normalized spacial score (nSPS) is 23.8. The van der Waals surface area contributed by atoms with Gasteiger partial charge in [0.2, 0.25) is 0 Å². The average molecular weight is 529 g/mol. The number of aryl methyl sites for hydroxylation is 1. The number of nitrogen functional groups attached to an aromatic ring is 1. The number of hydrogen-bond donors (Lipinski definition) is 3. The van der Waals surface area contributed by atoms with Crippen molar-refractivity contribution in [2.45, 2.75) is 57.1 Å². The first-order chi connectivity index (χ1) is 18.7. The number of halogens is 1. The van der Waals surface area contributed by atoms with Gasteiger partial charge in [-0.1, -0.05) is 30.3 Å². The van der Waals surface area contributed by atoms with Gasteiger partial charge in [0.15, 0.2) is 23.3 Å². The molecule has 1 aliphatic heterocycles. The van der Waals surface area contributed by atoms with E-state index >= 15 is 0 Å². The van der Waals surface area contributed by atoms with Crippen molar-refractivity contribution in [1.29, 1.82) is 5.41 Å². The van der Waals surface area contributed by atoms with Crippen molar-refractivity contribution in [1.82, 2.24) is 9.55 Å². The van der Waals surface area contributed by atoms with Crippen LogP contribution in [0.1, 0.15) is 43.9 Å². The highest BCUT2D eigenvalue weighted by Gasteiger charge is 2.54. The zero-order valence-electron chi connectivity index (χ0n) is 22.4. The van der Waals surface area contributed by atoms with Crippen molar-refractivity contribution >= 4 is 46.0 Å². The average Bonchev–Trinajstić information content (AvgIpc) is 3.53. The highest BCUT2D eigenvalue weighted by Crippen LogP contribution is 2.51. The summed E-state index contributed by atoms with van der Waals surface area (Å²) in [5.74, 6) is -0.0681. The Labute approximate surface area is 226 Å². The summed E-state index contributed by atoms with van der Waals surface area (Å²) in [6.07, 6.45) is 2.36. The number of nitrogens with one attached hydrogen (secondary N) is 2. The molecule has 4 N–H and O–H groups in total. The summed E-state index contributed by atoms with van der Waals surface area (Å²) in [7, 11) is 1.87. The Morgan fingerprint density at radius 3 is 2.77 bits per heavy atom. The first-order valence-corrected chi connectivity index (χ1v) is 13.3. The van der Waals surface area contributed by atoms with Gasteiger partial charge in [-0.15, -0.1) is 0 Å². The maximum atomic E-state index is 13.8. The van der Waals surface area contributed by atoms with Crippen LogP contribution in [0.4, 0.5) is 16.0 Å². The summed E-state index contributed by atoms with van der Waals surface area (Å²) in [5, 5.41) is 13.5. The van der Waals surface area contributed by atoms with E-state index in [4.69, 9.17) is 20.6 Å². The van der Waals surface area contributed by atoms with Gasteiger partial charge in [0.05, 0.1) is 28.7 Å². The Balaban J connectivity index is 1.35. The Hall–Kier alpha value is -3.82. The summed E-state index contributed by atoms with van der Waals surface area (Å²) in [4.78, 5) is 8.18. The van der Waals surface area contributed by atoms with Crippen LogP contribution in [0, 0.1) is 17.1 Å². The van der Waals surface area contributed by atoms with Crippen LogP contribution < -0.4 is 11.1 Å². The molecule has 2 aliphatic rings. The molecular weight excluding hydrogens is 495 g/mol. The number of benzene rings is 2. The van der Waals surface area contributed by atoms with E-state index in [1.54, 1.807) is 0 Å². The number of nitrogens with zero attached hydrogens (tertiary/aromatic N) is 3. The number of aliphatic imine (C=N–C) groups is 1. The van der Waals surface area contributed by atoms with Gasteiger partial charge >= 0.3 is 0 Å². The number of nitrogens with two attached hydrogens (primary N) is 1. The molecule has 0 amide bonds. The number of aromatic nitrogens is 2. The molecule has 4 atom stereocenters. The highest BCUT2D eigenvalue weighted by molar-refractivity contribution is 6.14. The second-order valence-corrected chi connectivity index (χ2v) is 10.9. The van der Waals surface area contributed by atoms with Crippen LogP contribution in [0.5, 0.6) is 0 Å². The Bertz CT molecular complexity index is 1610. The number of anilines is 2. The largest absolute Gasteiger partial charge is 0.381 e. The second kappa shape index (κ2) is 9.43. The van der Waals surface area contributed by atoms with Crippen LogP contribution >= 0.6 is 0 Å². The third-order valence-electron chi connectivity index (χ3n) is 8.09. The number of rotatable bonds is 6. The van der Waals surface area contributed by atoms with Gasteiger partial charge in [-0.25, -0.2) is 14.4 Å². The molecule has 202 valence electrons. The number of amidine groups is 1. The predicted molar refractivity (Wildman–Crippen MR) is 153 cm³/mol. The minimum Gasteiger partial charge on any atom is -0.381 e. The molecule has 2 aromatic heterocycles. The van der Waals surface area contributed by atoms with Gasteiger partial charge in [0.1, 0.15) is 11.9 Å². The van der Waals surface area contributed by atoms with Gasteiger partial charge < -0.3 is 25.1 Å².